The average Bonchev–Trinajstić information content (AvgIpc) is 2.27. The van der Waals surface area contributed by atoms with E-state index in [9.17, 15) is 9.90 Å². The van der Waals surface area contributed by atoms with Gasteiger partial charge in [-0.3, -0.25) is 4.79 Å². The summed E-state index contributed by atoms with van der Waals surface area (Å²) in [5, 5.41) is 13.0. The average molecular weight is 228 g/mol. The third-order valence-corrected chi connectivity index (χ3v) is 2.60. The van der Waals surface area contributed by atoms with Crippen molar-refractivity contribution in [2.24, 2.45) is 5.92 Å². The lowest BCUT2D eigenvalue weighted by Crippen LogP contribution is -2.29. The van der Waals surface area contributed by atoms with Gasteiger partial charge in [0.15, 0.2) is 0 Å². The molecule has 1 rings (SSSR count). The van der Waals surface area contributed by atoms with Crippen LogP contribution >= 0.6 is 11.6 Å². The second-order valence-electron chi connectivity index (χ2n) is 3.40. The van der Waals surface area contributed by atoms with Gasteiger partial charge in [-0.25, -0.2) is 0 Å². The SMILES string of the molecule is CNC(=O)[C@H](C)[C@H](O)c1ccc(Cl)cc1. The Morgan fingerprint density at radius 3 is 2.40 bits per heavy atom. The summed E-state index contributed by atoms with van der Waals surface area (Å²) >= 11 is 5.72. The van der Waals surface area contributed by atoms with E-state index in [4.69, 9.17) is 11.6 Å². The summed E-state index contributed by atoms with van der Waals surface area (Å²) in [6.45, 7) is 1.68. The van der Waals surface area contributed by atoms with E-state index < -0.39 is 12.0 Å². The zero-order valence-electron chi connectivity index (χ0n) is 8.70. The van der Waals surface area contributed by atoms with Gasteiger partial charge >= 0.3 is 0 Å². The Hall–Kier alpha value is -1.06. The molecule has 0 unspecified atom stereocenters. The molecule has 0 aliphatic heterocycles. The summed E-state index contributed by atoms with van der Waals surface area (Å²) in [5.74, 6) is -0.659. The molecule has 1 aromatic rings. The first-order valence-corrected chi connectivity index (χ1v) is 5.09. The number of carbonyl (C=O) groups excluding carboxylic acids is 1. The highest BCUT2D eigenvalue weighted by molar-refractivity contribution is 6.30. The van der Waals surface area contributed by atoms with Gasteiger partial charge in [0.2, 0.25) is 5.91 Å². The number of aliphatic hydroxyl groups excluding tert-OH is 1. The monoisotopic (exact) mass is 227 g/mol. The zero-order chi connectivity index (χ0) is 11.4. The van der Waals surface area contributed by atoms with Crippen LogP contribution in [0.2, 0.25) is 5.02 Å². The molecule has 0 aliphatic rings. The fourth-order valence-corrected chi connectivity index (χ4v) is 1.45. The Bertz CT molecular complexity index is 337. The summed E-state index contributed by atoms with van der Waals surface area (Å²) in [4.78, 5) is 11.3. The summed E-state index contributed by atoms with van der Waals surface area (Å²) in [6, 6.07) is 6.81. The Morgan fingerprint density at radius 2 is 1.93 bits per heavy atom. The zero-order valence-corrected chi connectivity index (χ0v) is 9.45. The van der Waals surface area contributed by atoms with Crippen LogP contribution in [-0.2, 0) is 4.79 Å². The van der Waals surface area contributed by atoms with Crippen LogP contribution in [0.3, 0.4) is 0 Å². The van der Waals surface area contributed by atoms with Crippen LogP contribution in [0.4, 0.5) is 0 Å². The third-order valence-electron chi connectivity index (χ3n) is 2.35. The molecule has 0 saturated carbocycles. The molecule has 4 heteroatoms. The number of halogens is 1. The van der Waals surface area contributed by atoms with E-state index in [1.165, 1.54) is 0 Å². The molecular weight excluding hydrogens is 214 g/mol. The van der Waals surface area contributed by atoms with E-state index >= 15 is 0 Å². The molecule has 1 aromatic carbocycles. The third kappa shape index (κ3) is 2.94. The fourth-order valence-electron chi connectivity index (χ4n) is 1.32. The number of hydrogen-bond donors (Lipinski definition) is 2. The molecule has 1 amide bonds. The van der Waals surface area contributed by atoms with Crippen LogP contribution in [0, 0.1) is 5.92 Å². The smallest absolute Gasteiger partial charge is 0.225 e. The van der Waals surface area contributed by atoms with Crippen molar-refractivity contribution in [1.29, 1.82) is 0 Å². The molecule has 15 heavy (non-hydrogen) atoms. The van der Waals surface area contributed by atoms with E-state index in [1.807, 2.05) is 0 Å². The largest absolute Gasteiger partial charge is 0.388 e. The fraction of sp³-hybridized carbons (Fsp3) is 0.364. The van der Waals surface area contributed by atoms with Crippen LogP contribution in [0.15, 0.2) is 24.3 Å². The van der Waals surface area contributed by atoms with E-state index in [2.05, 4.69) is 5.32 Å². The van der Waals surface area contributed by atoms with Gasteiger partial charge in [0.25, 0.3) is 0 Å². The van der Waals surface area contributed by atoms with Crippen LogP contribution in [0.25, 0.3) is 0 Å². The summed E-state index contributed by atoms with van der Waals surface area (Å²) in [7, 11) is 1.55. The second-order valence-corrected chi connectivity index (χ2v) is 3.84. The molecule has 0 aliphatic carbocycles. The highest BCUT2D eigenvalue weighted by atomic mass is 35.5. The molecule has 3 nitrogen and oxygen atoms in total. The molecule has 0 heterocycles. The van der Waals surface area contributed by atoms with Gasteiger partial charge in [-0.1, -0.05) is 30.7 Å². The van der Waals surface area contributed by atoms with Gasteiger partial charge in [-0.15, -0.1) is 0 Å². The molecular formula is C11H14ClNO2. The highest BCUT2D eigenvalue weighted by Crippen LogP contribution is 2.23. The predicted molar refractivity (Wildman–Crippen MR) is 59.6 cm³/mol. The van der Waals surface area contributed by atoms with E-state index in [-0.39, 0.29) is 5.91 Å². The first kappa shape index (κ1) is 12.0. The summed E-state index contributed by atoms with van der Waals surface area (Å²) < 4.78 is 0. The van der Waals surface area contributed by atoms with Crippen molar-refractivity contribution in [2.75, 3.05) is 7.05 Å². The van der Waals surface area contributed by atoms with Gasteiger partial charge in [0.05, 0.1) is 12.0 Å². The van der Waals surface area contributed by atoms with E-state index in [0.29, 0.717) is 10.6 Å². The molecule has 82 valence electrons. The van der Waals surface area contributed by atoms with Crippen LogP contribution in [-0.4, -0.2) is 18.1 Å². The first-order chi connectivity index (χ1) is 7.06. The Labute approximate surface area is 94.1 Å². The summed E-state index contributed by atoms with van der Waals surface area (Å²) in [6.07, 6.45) is -0.804. The van der Waals surface area contributed by atoms with Gasteiger partial charge in [0, 0.05) is 12.1 Å². The van der Waals surface area contributed by atoms with Crippen LogP contribution < -0.4 is 5.32 Å². The maximum Gasteiger partial charge on any atom is 0.225 e. The molecule has 0 saturated heterocycles. The number of rotatable bonds is 3. The number of carbonyl (C=O) groups is 1. The van der Waals surface area contributed by atoms with E-state index in [0.717, 1.165) is 0 Å². The lowest BCUT2D eigenvalue weighted by atomic mass is 9.97. The predicted octanol–water partition coefficient (Wildman–Crippen LogP) is 1.76. The number of benzene rings is 1. The lowest BCUT2D eigenvalue weighted by molar-refractivity contribution is -0.127. The van der Waals surface area contributed by atoms with Crippen molar-refractivity contribution < 1.29 is 9.90 Å². The minimum atomic E-state index is -0.804. The van der Waals surface area contributed by atoms with Gasteiger partial charge in [-0.2, -0.15) is 0 Å². The normalized spacial score (nSPS) is 14.4. The Kier molecular flexibility index (Phi) is 4.12. The minimum absolute atomic E-state index is 0.183. The maximum absolute atomic E-state index is 11.3. The van der Waals surface area contributed by atoms with Gasteiger partial charge < -0.3 is 10.4 Å². The summed E-state index contributed by atoms with van der Waals surface area (Å²) in [5.41, 5.74) is 0.690. The second kappa shape index (κ2) is 5.14. The number of amides is 1. The van der Waals surface area contributed by atoms with Crippen LogP contribution in [0.1, 0.15) is 18.6 Å². The topological polar surface area (TPSA) is 49.3 Å². The maximum atomic E-state index is 11.3. The Balaban J connectivity index is 2.80. The number of hydrogen-bond acceptors (Lipinski definition) is 2. The van der Waals surface area contributed by atoms with E-state index in [1.54, 1.807) is 38.2 Å². The first-order valence-electron chi connectivity index (χ1n) is 4.71. The standard InChI is InChI=1S/C11H14ClNO2/c1-7(11(15)13-2)10(14)8-3-5-9(12)6-4-8/h3-7,10,14H,1-2H3,(H,13,15)/t7-,10+/m1/s1. The molecule has 0 bridgehead atoms. The van der Waals surface area contributed by atoms with Gasteiger partial charge in [0.1, 0.15) is 0 Å². The van der Waals surface area contributed by atoms with Crippen molar-refractivity contribution >= 4 is 17.5 Å². The van der Waals surface area contributed by atoms with Crippen LogP contribution in [0.5, 0.6) is 0 Å². The number of aliphatic hydroxyl groups is 1. The highest BCUT2D eigenvalue weighted by Gasteiger charge is 2.22. The van der Waals surface area contributed by atoms with Crippen molar-refractivity contribution in [2.45, 2.75) is 13.0 Å². The van der Waals surface area contributed by atoms with Crippen molar-refractivity contribution in [3.8, 4) is 0 Å². The van der Waals surface area contributed by atoms with Gasteiger partial charge in [-0.05, 0) is 17.7 Å². The molecule has 0 spiro atoms. The Morgan fingerprint density at radius 1 is 1.40 bits per heavy atom. The quantitative estimate of drug-likeness (QED) is 0.827. The minimum Gasteiger partial charge on any atom is -0.388 e. The molecule has 2 atom stereocenters. The molecule has 0 fully saturated rings. The van der Waals surface area contributed by atoms with Crippen molar-refractivity contribution in [1.82, 2.24) is 5.32 Å². The lowest BCUT2D eigenvalue weighted by Gasteiger charge is -2.17. The van der Waals surface area contributed by atoms with Crippen molar-refractivity contribution in [3.63, 3.8) is 0 Å². The molecule has 0 aromatic heterocycles. The van der Waals surface area contributed by atoms with Crippen molar-refractivity contribution in [3.05, 3.63) is 34.9 Å². The number of nitrogens with one attached hydrogen (secondary N) is 1. The molecule has 2 N–H and O–H groups in total. The molecule has 0 radical (unpaired) electrons.